The topological polar surface area (TPSA) is 84.9 Å². The minimum atomic E-state index is -3.71. The van der Waals surface area contributed by atoms with Crippen LogP contribution in [0.25, 0.3) is 0 Å². The first kappa shape index (κ1) is 22.5. The van der Waals surface area contributed by atoms with Gasteiger partial charge in [0, 0.05) is 0 Å². The molecule has 8 heteroatoms. The highest BCUT2D eigenvalue weighted by Gasteiger charge is 2.32. The van der Waals surface area contributed by atoms with E-state index >= 15 is 0 Å². The summed E-state index contributed by atoms with van der Waals surface area (Å²) in [5, 5.41) is 2.81. The van der Waals surface area contributed by atoms with Gasteiger partial charge in [-0.05, 0) is 56.7 Å². The van der Waals surface area contributed by atoms with Crippen molar-refractivity contribution in [1.82, 2.24) is 0 Å². The summed E-state index contributed by atoms with van der Waals surface area (Å²) >= 11 is 0. The van der Waals surface area contributed by atoms with Crippen molar-refractivity contribution in [2.45, 2.75) is 33.2 Å². The number of sulfonamides is 1. The summed E-state index contributed by atoms with van der Waals surface area (Å²) in [5.74, 6) is 0.733. The van der Waals surface area contributed by atoms with E-state index in [1.807, 2.05) is 13.8 Å². The molecule has 0 aliphatic heterocycles. The molecule has 1 amide bonds. The molecule has 0 aromatic heterocycles. The number of carbonyl (C=O) groups is 1. The lowest BCUT2D eigenvalue weighted by Crippen LogP contribution is -2.47. The van der Waals surface area contributed by atoms with E-state index in [1.54, 1.807) is 55.5 Å². The number of nitrogens with one attached hydrogen (secondary N) is 1. The molecular weight excluding hydrogens is 392 g/mol. The molecule has 1 atom stereocenters. The standard InChI is InChI=1S/C21H28N2O5S/c1-5-19(21(24)22-18-10-8-9-11-20(18)28-7-3)23(29(4,25)26)16-12-14-17(15-13-16)27-6-2/h8-15,19H,5-7H2,1-4H3,(H,22,24). The predicted molar refractivity (Wildman–Crippen MR) is 115 cm³/mol. The number of carbonyl (C=O) groups excluding carboxylic acids is 1. The Kier molecular flexibility index (Phi) is 7.90. The lowest BCUT2D eigenvalue weighted by molar-refractivity contribution is -0.117. The van der Waals surface area contributed by atoms with Gasteiger partial charge in [-0.2, -0.15) is 0 Å². The highest BCUT2D eigenvalue weighted by molar-refractivity contribution is 7.92. The van der Waals surface area contributed by atoms with Gasteiger partial charge in [0.25, 0.3) is 0 Å². The fourth-order valence-corrected chi connectivity index (χ4v) is 4.20. The predicted octanol–water partition coefficient (Wildman–Crippen LogP) is 3.67. The van der Waals surface area contributed by atoms with E-state index in [0.29, 0.717) is 42.5 Å². The molecule has 0 heterocycles. The first-order valence-corrected chi connectivity index (χ1v) is 11.4. The van der Waals surface area contributed by atoms with Gasteiger partial charge in [0.2, 0.25) is 15.9 Å². The number of para-hydroxylation sites is 2. The van der Waals surface area contributed by atoms with Gasteiger partial charge in [0.1, 0.15) is 17.5 Å². The number of hydrogen-bond donors (Lipinski definition) is 1. The first-order valence-electron chi connectivity index (χ1n) is 9.56. The summed E-state index contributed by atoms with van der Waals surface area (Å²) in [6.07, 6.45) is 1.39. The first-order chi connectivity index (χ1) is 13.8. The molecule has 0 saturated carbocycles. The van der Waals surface area contributed by atoms with Crippen LogP contribution in [-0.4, -0.2) is 39.8 Å². The molecule has 1 unspecified atom stereocenters. The van der Waals surface area contributed by atoms with Crippen molar-refractivity contribution in [1.29, 1.82) is 0 Å². The molecule has 0 saturated heterocycles. The van der Waals surface area contributed by atoms with E-state index in [2.05, 4.69) is 5.32 Å². The van der Waals surface area contributed by atoms with Crippen molar-refractivity contribution in [3.63, 3.8) is 0 Å². The lowest BCUT2D eigenvalue weighted by Gasteiger charge is -2.30. The maximum absolute atomic E-state index is 13.0. The van der Waals surface area contributed by atoms with Crippen LogP contribution in [0.5, 0.6) is 11.5 Å². The molecule has 0 aliphatic rings. The molecule has 0 bridgehead atoms. The van der Waals surface area contributed by atoms with Crippen molar-refractivity contribution in [2.24, 2.45) is 0 Å². The van der Waals surface area contributed by atoms with Crippen molar-refractivity contribution >= 4 is 27.3 Å². The average Bonchev–Trinajstić information content (AvgIpc) is 2.68. The van der Waals surface area contributed by atoms with E-state index in [0.717, 1.165) is 10.6 Å². The Morgan fingerprint density at radius 2 is 1.62 bits per heavy atom. The number of hydrogen-bond acceptors (Lipinski definition) is 5. The van der Waals surface area contributed by atoms with Gasteiger partial charge < -0.3 is 14.8 Å². The molecule has 7 nitrogen and oxygen atoms in total. The summed E-state index contributed by atoms with van der Waals surface area (Å²) in [6.45, 7) is 6.45. The second kappa shape index (κ2) is 10.2. The van der Waals surface area contributed by atoms with Crippen LogP contribution in [0, 0.1) is 0 Å². The molecule has 0 spiro atoms. The number of amides is 1. The van der Waals surface area contributed by atoms with E-state index in [-0.39, 0.29) is 0 Å². The van der Waals surface area contributed by atoms with E-state index in [4.69, 9.17) is 9.47 Å². The molecule has 0 radical (unpaired) electrons. The molecule has 2 rings (SSSR count). The normalized spacial score (nSPS) is 12.1. The van der Waals surface area contributed by atoms with Gasteiger partial charge in [-0.25, -0.2) is 8.42 Å². The van der Waals surface area contributed by atoms with Crippen LogP contribution in [0.3, 0.4) is 0 Å². The van der Waals surface area contributed by atoms with Crippen LogP contribution in [0.15, 0.2) is 48.5 Å². The van der Waals surface area contributed by atoms with Crippen LogP contribution in [0.4, 0.5) is 11.4 Å². The maximum Gasteiger partial charge on any atom is 0.248 e. The van der Waals surface area contributed by atoms with Crippen LogP contribution < -0.4 is 19.1 Å². The Morgan fingerprint density at radius 3 is 2.17 bits per heavy atom. The van der Waals surface area contributed by atoms with Crippen LogP contribution in [0.2, 0.25) is 0 Å². The Balaban J connectivity index is 2.35. The smallest absolute Gasteiger partial charge is 0.248 e. The molecule has 1 N–H and O–H groups in total. The Labute approximate surface area is 172 Å². The number of nitrogens with zero attached hydrogens (tertiary/aromatic N) is 1. The van der Waals surface area contributed by atoms with Crippen molar-refractivity contribution < 1.29 is 22.7 Å². The number of anilines is 2. The van der Waals surface area contributed by atoms with Crippen molar-refractivity contribution in [3.8, 4) is 11.5 Å². The van der Waals surface area contributed by atoms with Crippen molar-refractivity contribution in [3.05, 3.63) is 48.5 Å². The number of rotatable bonds is 10. The quantitative estimate of drug-likeness (QED) is 0.634. The third kappa shape index (κ3) is 5.87. The van der Waals surface area contributed by atoms with Gasteiger partial charge in [0.05, 0.1) is 30.8 Å². The monoisotopic (exact) mass is 420 g/mol. The molecule has 0 aliphatic carbocycles. The summed E-state index contributed by atoms with van der Waals surface area (Å²) < 4.78 is 37.2. The third-order valence-electron chi connectivity index (χ3n) is 4.18. The molecule has 2 aromatic carbocycles. The highest BCUT2D eigenvalue weighted by atomic mass is 32.2. The summed E-state index contributed by atoms with van der Waals surface area (Å²) in [4.78, 5) is 13.0. The molecule has 29 heavy (non-hydrogen) atoms. The van der Waals surface area contributed by atoms with Gasteiger partial charge in [-0.3, -0.25) is 9.10 Å². The molecular formula is C21H28N2O5S. The van der Waals surface area contributed by atoms with E-state index in [9.17, 15) is 13.2 Å². The average molecular weight is 421 g/mol. The molecule has 2 aromatic rings. The van der Waals surface area contributed by atoms with Crippen LogP contribution in [-0.2, 0) is 14.8 Å². The zero-order chi connectivity index (χ0) is 21.4. The minimum absolute atomic E-state index is 0.295. The SMILES string of the molecule is CCOc1ccc(N(C(CC)C(=O)Nc2ccccc2OCC)S(C)(=O)=O)cc1. The molecule has 0 fully saturated rings. The fourth-order valence-electron chi connectivity index (χ4n) is 2.98. The zero-order valence-electron chi connectivity index (χ0n) is 17.2. The third-order valence-corrected chi connectivity index (χ3v) is 5.36. The second-order valence-electron chi connectivity index (χ2n) is 6.33. The Bertz CT molecular complexity index is 913. The largest absolute Gasteiger partial charge is 0.494 e. The highest BCUT2D eigenvalue weighted by Crippen LogP contribution is 2.28. The Hall–Kier alpha value is -2.74. The number of ether oxygens (including phenoxy) is 2. The summed E-state index contributed by atoms with van der Waals surface area (Å²) in [5.41, 5.74) is 0.897. The van der Waals surface area contributed by atoms with E-state index < -0.39 is 22.0 Å². The number of benzene rings is 2. The molecule has 158 valence electrons. The van der Waals surface area contributed by atoms with Gasteiger partial charge >= 0.3 is 0 Å². The maximum atomic E-state index is 13.0. The zero-order valence-corrected chi connectivity index (χ0v) is 18.0. The van der Waals surface area contributed by atoms with Crippen LogP contribution >= 0.6 is 0 Å². The Morgan fingerprint density at radius 1 is 1.00 bits per heavy atom. The van der Waals surface area contributed by atoms with Crippen LogP contribution in [0.1, 0.15) is 27.2 Å². The summed E-state index contributed by atoms with van der Waals surface area (Å²) in [7, 11) is -3.71. The fraction of sp³-hybridized carbons (Fsp3) is 0.381. The summed E-state index contributed by atoms with van der Waals surface area (Å²) in [6, 6.07) is 12.8. The lowest BCUT2D eigenvalue weighted by atomic mass is 10.1. The van der Waals surface area contributed by atoms with E-state index in [1.165, 1.54) is 0 Å². The van der Waals surface area contributed by atoms with Gasteiger partial charge in [0.15, 0.2) is 0 Å². The second-order valence-corrected chi connectivity index (χ2v) is 8.19. The van der Waals surface area contributed by atoms with Gasteiger partial charge in [-0.1, -0.05) is 19.1 Å². The van der Waals surface area contributed by atoms with Crippen molar-refractivity contribution in [2.75, 3.05) is 29.1 Å². The minimum Gasteiger partial charge on any atom is -0.494 e. The van der Waals surface area contributed by atoms with Gasteiger partial charge in [-0.15, -0.1) is 0 Å².